The topological polar surface area (TPSA) is 102 Å². The second-order valence-corrected chi connectivity index (χ2v) is 5.57. The molecule has 1 heterocycles. The fraction of sp³-hybridized carbons (Fsp3) is 0.312. The van der Waals surface area contributed by atoms with Gasteiger partial charge < -0.3 is 16.4 Å². The van der Waals surface area contributed by atoms with Crippen molar-refractivity contribution in [2.45, 2.75) is 26.4 Å². The van der Waals surface area contributed by atoms with Crippen molar-refractivity contribution in [3.05, 3.63) is 48.3 Å². The highest BCUT2D eigenvalue weighted by molar-refractivity contribution is 5.86. The zero-order valence-electron chi connectivity index (χ0n) is 13.2. The molecular weight excluding hydrogens is 294 g/mol. The summed E-state index contributed by atoms with van der Waals surface area (Å²) in [5, 5.41) is 9.42. The molecule has 1 aromatic carbocycles. The maximum atomic E-state index is 12.2. The first-order chi connectivity index (χ1) is 11.0. The van der Waals surface area contributed by atoms with E-state index in [-0.39, 0.29) is 11.8 Å². The highest BCUT2D eigenvalue weighted by Crippen LogP contribution is 2.09. The van der Waals surface area contributed by atoms with Crippen molar-refractivity contribution >= 4 is 11.9 Å². The summed E-state index contributed by atoms with van der Waals surface area (Å²) in [6.45, 7) is 4.07. The van der Waals surface area contributed by atoms with E-state index in [1.54, 1.807) is 10.9 Å². The van der Waals surface area contributed by atoms with Crippen LogP contribution in [0.2, 0.25) is 0 Å². The van der Waals surface area contributed by atoms with Gasteiger partial charge in [-0.2, -0.15) is 5.10 Å². The quantitative estimate of drug-likeness (QED) is 0.746. The molecule has 23 heavy (non-hydrogen) atoms. The second-order valence-electron chi connectivity index (χ2n) is 5.57. The number of carbonyl (C=O) groups excluding carboxylic acids is 2. The molecule has 2 aromatic rings. The first-order valence-corrected chi connectivity index (χ1v) is 7.40. The van der Waals surface area contributed by atoms with E-state index >= 15 is 0 Å². The molecular formula is C16H21N5O2. The lowest BCUT2D eigenvalue weighted by Gasteiger charge is -2.20. The molecule has 0 saturated carbocycles. The van der Waals surface area contributed by atoms with Gasteiger partial charge in [0.05, 0.1) is 5.69 Å². The highest BCUT2D eigenvalue weighted by atomic mass is 16.2. The van der Waals surface area contributed by atoms with E-state index < -0.39 is 12.1 Å². The number of benzene rings is 1. The molecule has 0 fully saturated rings. The number of carbonyl (C=O) groups is 2. The molecule has 7 nitrogen and oxygen atoms in total. The van der Waals surface area contributed by atoms with Gasteiger partial charge >= 0.3 is 6.03 Å². The number of hydrogen-bond donors (Lipinski definition) is 3. The maximum absolute atomic E-state index is 12.2. The van der Waals surface area contributed by atoms with Crippen LogP contribution in [0.1, 0.15) is 19.4 Å². The number of hydrogen-bond acceptors (Lipinski definition) is 3. The largest absolute Gasteiger partial charge is 0.352 e. The number of nitrogens with one attached hydrogen (secondary N) is 2. The third kappa shape index (κ3) is 4.57. The molecule has 0 unspecified atom stereocenters. The smallest absolute Gasteiger partial charge is 0.312 e. The lowest BCUT2D eigenvalue weighted by Crippen LogP contribution is -2.51. The first-order valence-electron chi connectivity index (χ1n) is 7.40. The molecule has 0 aliphatic rings. The van der Waals surface area contributed by atoms with E-state index in [0.717, 1.165) is 11.3 Å². The average molecular weight is 315 g/mol. The summed E-state index contributed by atoms with van der Waals surface area (Å²) in [7, 11) is 0. The van der Waals surface area contributed by atoms with Gasteiger partial charge in [-0.05, 0) is 29.7 Å². The van der Waals surface area contributed by atoms with Crippen molar-refractivity contribution in [2.24, 2.45) is 11.7 Å². The van der Waals surface area contributed by atoms with Crippen LogP contribution >= 0.6 is 0 Å². The van der Waals surface area contributed by atoms with Crippen molar-refractivity contribution in [2.75, 3.05) is 0 Å². The molecule has 1 atom stereocenters. The van der Waals surface area contributed by atoms with Crippen LogP contribution in [0.25, 0.3) is 5.69 Å². The highest BCUT2D eigenvalue weighted by Gasteiger charge is 2.22. The Morgan fingerprint density at radius 1 is 1.26 bits per heavy atom. The third-order valence-corrected chi connectivity index (χ3v) is 3.42. The van der Waals surface area contributed by atoms with E-state index in [9.17, 15) is 9.59 Å². The molecule has 0 radical (unpaired) electrons. The minimum atomic E-state index is -0.706. The predicted molar refractivity (Wildman–Crippen MR) is 86.8 cm³/mol. The van der Waals surface area contributed by atoms with Gasteiger partial charge in [-0.3, -0.25) is 4.79 Å². The molecule has 0 aliphatic carbocycles. The van der Waals surface area contributed by atoms with E-state index in [4.69, 9.17) is 5.73 Å². The van der Waals surface area contributed by atoms with Gasteiger partial charge in [0.2, 0.25) is 5.91 Å². The van der Waals surface area contributed by atoms with Gasteiger partial charge in [0, 0.05) is 18.9 Å². The Morgan fingerprint density at radius 2 is 1.96 bits per heavy atom. The number of primary amides is 1. The monoisotopic (exact) mass is 315 g/mol. The Labute approximate surface area is 134 Å². The minimum absolute atomic E-state index is 0.0512. The summed E-state index contributed by atoms with van der Waals surface area (Å²) in [5.74, 6) is -0.306. The Morgan fingerprint density at radius 3 is 2.48 bits per heavy atom. The summed E-state index contributed by atoms with van der Waals surface area (Å²) >= 11 is 0. The third-order valence-electron chi connectivity index (χ3n) is 3.42. The lowest BCUT2D eigenvalue weighted by molar-refractivity contribution is -0.124. The molecule has 0 spiro atoms. The van der Waals surface area contributed by atoms with Gasteiger partial charge in [-0.1, -0.05) is 26.0 Å². The lowest BCUT2D eigenvalue weighted by atomic mass is 10.0. The average Bonchev–Trinajstić information content (AvgIpc) is 3.04. The van der Waals surface area contributed by atoms with Gasteiger partial charge in [-0.15, -0.1) is 0 Å². The van der Waals surface area contributed by atoms with Crippen LogP contribution in [-0.4, -0.2) is 27.8 Å². The Balaban J connectivity index is 1.94. The van der Waals surface area contributed by atoms with Crippen molar-refractivity contribution in [1.82, 2.24) is 20.4 Å². The van der Waals surface area contributed by atoms with Gasteiger partial charge in [0.15, 0.2) is 0 Å². The van der Waals surface area contributed by atoms with Crippen LogP contribution in [0.3, 0.4) is 0 Å². The number of aromatic nitrogens is 2. The Kier molecular flexibility index (Phi) is 5.35. The Bertz CT molecular complexity index is 650. The number of nitrogens with two attached hydrogens (primary N) is 1. The van der Waals surface area contributed by atoms with Crippen LogP contribution in [-0.2, 0) is 11.3 Å². The van der Waals surface area contributed by atoms with E-state index in [1.807, 2.05) is 50.4 Å². The zero-order valence-corrected chi connectivity index (χ0v) is 13.2. The summed E-state index contributed by atoms with van der Waals surface area (Å²) in [6.07, 6.45) is 3.57. The number of amides is 3. The fourth-order valence-electron chi connectivity index (χ4n) is 2.18. The van der Waals surface area contributed by atoms with Crippen LogP contribution in [0.4, 0.5) is 4.79 Å². The standard InChI is InChI=1S/C16H21N5O2/c1-11(2)14(20-16(17)23)15(22)18-10-12-4-6-13(7-5-12)21-9-3-8-19-21/h3-9,11,14H,10H2,1-2H3,(H,18,22)(H3,17,20,23)/t14-/m1/s1. The molecule has 0 saturated heterocycles. The molecule has 1 aromatic heterocycles. The van der Waals surface area contributed by atoms with Gasteiger partial charge in [0.25, 0.3) is 0 Å². The number of urea groups is 1. The predicted octanol–water partition coefficient (Wildman–Crippen LogP) is 1.18. The summed E-state index contributed by atoms with van der Waals surface area (Å²) in [4.78, 5) is 23.1. The van der Waals surface area contributed by atoms with Gasteiger partial charge in [-0.25, -0.2) is 9.48 Å². The summed E-state index contributed by atoms with van der Waals surface area (Å²) < 4.78 is 1.76. The number of nitrogens with zero attached hydrogens (tertiary/aromatic N) is 2. The van der Waals surface area contributed by atoms with Crippen molar-refractivity contribution < 1.29 is 9.59 Å². The van der Waals surface area contributed by atoms with E-state index in [1.165, 1.54) is 0 Å². The normalized spacial score (nSPS) is 12.0. The minimum Gasteiger partial charge on any atom is -0.352 e. The molecule has 2 rings (SSSR count). The summed E-state index contributed by atoms with van der Waals surface area (Å²) in [6, 6.07) is 8.20. The van der Waals surface area contributed by atoms with Crippen LogP contribution in [0.5, 0.6) is 0 Å². The summed E-state index contributed by atoms with van der Waals surface area (Å²) in [5.41, 5.74) is 7.00. The van der Waals surface area contributed by atoms with Crippen molar-refractivity contribution in [1.29, 1.82) is 0 Å². The van der Waals surface area contributed by atoms with Crippen molar-refractivity contribution in [3.63, 3.8) is 0 Å². The van der Waals surface area contributed by atoms with E-state index in [2.05, 4.69) is 15.7 Å². The van der Waals surface area contributed by atoms with Crippen LogP contribution < -0.4 is 16.4 Å². The molecule has 3 amide bonds. The van der Waals surface area contributed by atoms with Crippen molar-refractivity contribution in [3.8, 4) is 5.69 Å². The SMILES string of the molecule is CC(C)[C@@H](NC(N)=O)C(=O)NCc1ccc(-n2cccn2)cc1. The molecule has 122 valence electrons. The zero-order chi connectivity index (χ0) is 16.8. The first kappa shape index (κ1) is 16.5. The molecule has 7 heteroatoms. The van der Waals surface area contributed by atoms with Gasteiger partial charge in [0.1, 0.15) is 6.04 Å². The fourth-order valence-corrected chi connectivity index (χ4v) is 2.18. The molecule has 0 aliphatic heterocycles. The Hall–Kier alpha value is -2.83. The molecule has 4 N–H and O–H groups in total. The second kappa shape index (κ2) is 7.44. The van der Waals surface area contributed by atoms with Crippen LogP contribution in [0, 0.1) is 5.92 Å². The van der Waals surface area contributed by atoms with E-state index in [0.29, 0.717) is 6.54 Å². The van der Waals surface area contributed by atoms with Crippen LogP contribution in [0.15, 0.2) is 42.7 Å². The molecule has 0 bridgehead atoms. The number of rotatable bonds is 6. The maximum Gasteiger partial charge on any atom is 0.312 e.